The minimum Gasteiger partial charge on any atom is -0.456 e. The van der Waals surface area contributed by atoms with Gasteiger partial charge in [0.2, 0.25) is 0 Å². The SMILES string of the molecule is c1ccc(C2=NC(c3ccc4c(ccc5ccccc54)c3)NC(c3c(-c4cccc5c4oc4c6ccccc6ccc54)ccc4oc5ccccc5c34)N2)cc1. The third-order valence-electron chi connectivity index (χ3n) is 11.5. The van der Waals surface area contributed by atoms with Gasteiger partial charge in [0.15, 0.2) is 0 Å². The molecule has 0 radical (unpaired) electrons. The van der Waals surface area contributed by atoms with Gasteiger partial charge in [-0.2, -0.15) is 0 Å². The molecule has 0 bridgehead atoms. The lowest BCUT2D eigenvalue weighted by atomic mass is 9.91. The van der Waals surface area contributed by atoms with Gasteiger partial charge in [0, 0.05) is 43.6 Å². The van der Waals surface area contributed by atoms with Gasteiger partial charge in [0.1, 0.15) is 40.5 Å². The van der Waals surface area contributed by atoms with Gasteiger partial charge in [0.05, 0.1) is 0 Å². The molecule has 0 amide bonds. The Morgan fingerprint density at radius 1 is 0.446 bits per heavy atom. The molecule has 2 unspecified atom stereocenters. The Kier molecular flexibility index (Phi) is 6.76. The molecule has 2 N–H and O–H groups in total. The number of para-hydroxylation sites is 2. The predicted octanol–water partition coefficient (Wildman–Crippen LogP) is 12.9. The Labute approximate surface area is 321 Å². The number of furan rings is 2. The fourth-order valence-corrected chi connectivity index (χ4v) is 8.94. The average Bonchev–Trinajstić information content (AvgIpc) is 3.85. The van der Waals surface area contributed by atoms with E-state index in [1.165, 1.54) is 21.5 Å². The van der Waals surface area contributed by atoms with Gasteiger partial charge in [-0.25, -0.2) is 4.99 Å². The summed E-state index contributed by atoms with van der Waals surface area (Å²) in [6, 6.07) is 62.0. The minimum atomic E-state index is -0.361. The third-order valence-corrected chi connectivity index (χ3v) is 11.5. The van der Waals surface area contributed by atoms with E-state index in [1.807, 2.05) is 18.2 Å². The highest BCUT2D eigenvalue weighted by Crippen LogP contribution is 2.45. The van der Waals surface area contributed by atoms with Crippen molar-refractivity contribution in [2.45, 2.75) is 12.3 Å². The van der Waals surface area contributed by atoms with E-state index in [0.717, 1.165) is 88.3 Å². The summed E-state index contributed by atoms with van der Waals surface area (Å²) < 4.78 is 13.5. The molecule has 9 aromatic carbocycles. The summed E-state index contributed by atoms with van der Waals surface area (Å²) in [6.07, 6.45) is -0.706. The summed E-state index contributed by atoms with van der Waals surface area (Å²) in [7, 11) is 0. The zero-order valence-corrected chi connectivity index (χ0v) is 30.2. The highest BCUT2D eigenvalue weighted by Gasteiger charge is 2.31. The molecular weight excluding hydrogens is 687 g/mol. The van der Waals surface area contributed by atoms with E-state index < -0.39 is 0 Å². The highest BCUT2D eigenvalue weighted by molar-refractivity contribution is 6.18. The van der Waals surface area contributed by atoms with Crippen LogP contribution in [0.5, 0.6) is 0 Å². The Hall–Kier alpha value is -7.21. The Balaban J connectivity index is 1.10. The van der Waals surface area contributed by atoms with Crippen LogP contribution in [0.25, 0.3) is 87.3 Å². The van der Waals surface area contributed by atoms with Gasteiger partial charge in [-0.05, 0) is 62.3 Å². The van der Waals surface area contributed by atoms with E-state index in [2.05, 4.69) is 168 Å². The molecule has 0 aliphatic carbocycles. The van der Waals surface area contributed by atoms with Crippen molar-refractivity contribution in [3.63, 3.8) is 0 Å². The molecule has 0 saturated heterocycles. The first-order valence-corrected chi connectivity index (χ1v) is 19.1. The quantitative estimate of drug-likeness (QED) is 0.178. The number of hydrogen-bond acceptors (Lipinski definition) is 5. The van der Waals surface area contributed by atoms with Crippen LogP contribution >= 0.6 is 0 Å². The zero-order chi connectivity index (χ0) is 36.7. The molecule has 1 aliphatic heterocycles. The Bertz CT molecular complexity index is 3390. The van der Waals surface area contributed by atoms with Crippen LogP contribution in [0.2, 0.25) is 0 Å². The fraction of sp³-hybridized carbons (Fsp3) is 0.0392. The number of amidine groups is 1. The van der Waals surface area contributed by atoms with Crippen molar-refractivity contribution >= 4 is 82.0 Å². The maximum atomic E-state index is 6.94. The second-order valence-electron chi connectivity index (χ2n) is 14.7. The van der Waals surface area contributed by atoms with Crippen LogP contribution in [0, 0.1) is 0 Å². The molecular formula is C51H33N3O2. The molecule has 0 spiro atoms. The van der Waals surface area contributed by atoms with Crippen molar-refractivity contribution in [1.82, 2.24) is 10.6 Å². The molecule has 5 nitrogen and oxygen atoms in total. The summed E-state index contributed by atoms with van der Waals surface area (Å²) in [5.41, 5.74) is 8.70. The smallest absolute Gasteiger partial charge is 0.143 e. The van der Waals surface area contributed by atoms with Crippen LogP contribution < -0.4 is 10.6 Å². The standard InChI is InChI=1S/C51H33N3O2/c1-2-13-32(14-3-1)49-52-50(34-24-25-36-33(29-34)22-21-30-11-4-6-15-35(30)36)54-51(53-49)46-38(27-28-44-45(46)42-17-8-9-20-43(42)55-44)39-18-10-19-40-41-26-23-31-12-5-7-16-37(31)47(41)56-48(39)40/h1-29,50-51,54H,(H,52,53). The van der Waals surface area contributed by atoms with Gasteiger partial charge in [-0.1, -0.05) is 152 Å². The number of rotatable bonds is 4. The summed E-state index contributed by atoms with van der Waals surface area (Å²) in [4.78, 5) is 5.36. The van der Waals surface area contributed by atoms with Crippen LogP contribution in [0.3, 0.4) is 0 Å². The molecule has 56 heavy (non-hydrogen) atoms. The Morgan fingerprint density at radius 2 is 1.12 bits per heavy atom. The summed E-state index contributed by atoms with van der Waals surface area (Å²) >= 11 is 0. The largest absolute Gasteiger partial charge is 0.456 e. The van der Waals surface area contributed by atoms with Crippen LogP contribution in [-0.4, -0.2) is 5.84 Å². The van der Waals surface area contributed by atoms with E-state index in [0.29, 0.717) is 0 Å². The van der Waals surface area contributed by atoms with Crippen molar-refractivity contribution in [3.05, 3.63) is 193 Å². The van der Waals surface area contributed by atoms with E-state index in [9.17, 15) is 0 Å². The molecule has 2 aromatic heterocycles. The van der Waals surface area contributed by atoms with Gasteiger partial charge in [-0.15, -0.1) is 0 Å². The minimum absolute atomic E-state index is 0.345. The van der Waals surface area contributed by atoms with Gasteiger partial charge >= 0.3 is 0 Å². The van der Waals surface area contributed by atoms with Crippen LogP contribution in [0.15, 0.2) is 190 Å². The van der Waals surface area contributed by atoms with Crippen LogP contribution in [0.4, 0.5) is 0 Å². The molecule has 12 rings (SSSR count). The average molecular weight is 720 g/mol. The molecule has 0 saturated carbocycles. The first-order valence-electron chi connectivity index (χ1n) is 19.1. The fourth-order valence-electron chi connectivity index (χ4n) is 8.94. The maximum Gasteiger partial charge on any atom is 0.143 e. The molecule has 1 aliphatic rings. The number of benzene rings is 9. The molecule has 2 atom stereocenters. The first-order chi connectivity index (χ1) is 27.7. The number of nitrogens with zero attached hydrogens (tertiary/aromatic N) is 1. The molecule has 11 aromatic rings. The molecule has 0 fully saturated rings. The van der Waals surface area contributed by atoms with Crippen LogP contribution in [0.1, 0.15) is 29.0 Å². The second kappa shape index (κ2) is 12.2. The molecule has 3 heterocycles. The third kappa shape index (κ3) is 4.75. The lowest BCUT2D eigenvalue weighted by Crippen LogP contribution is -2.45. The number of fused-ring (bicyclic) bond motifs is 11. The molecule has 264 valence electrons. The van der Waals surface area contributed by atoms with Crippen molar-refractivity contribution in [3.8, 4) is 11.1 Å². The van der Waals surface area contributed by atoms with Crippen molar-refractivity contribution in [2.75, 3.05) is 0 Å². The van der Waals surface area contributed by atoms with Gasteiger partial charge in [-0.3, -0.25) is 5.32 Å². The van der Waals surface area contributed by atoms with Gasteiger partial charge < -0.3 is 14.2 Å². The summed E-state index contributed by atoms with van der Waals surface area (Å²) in [6.45, 7) is 0. The van der Waals surface area contributed by atoms with E-state index >= 15 is 0 Å². The zero-order valence-electron chi connectivity index (χ0n) is 30.2. The normalized spacial score (nSPS) is 16.0. The second-order valence-corrected chi connectivity index (χ2v) is 14.7. The molecule has 5 heteroatoms. The predicted molar refractivity (Wildman–Crippen MR) is 230 cm³/mol. The first kappa shape index (κ1) is 31.2. The highest BCUT2D eigenvalue weighted by atomic mass is 16.3. The van der Waals surface area contributed by atoms with E-state index in [4.69, 9.17) is 13.8 Å². The maximum absolute atomic E-state index is 6.94. The number of nitrogens with one attached hydrogen (secondary N) is 2. The number of hydrogen-bond donors (Lipinski definition) is 2. The van der Waals surface area contributed by atoms with E-state index in [-0.39, 0.29) is 12.3 Å². The summed E-state index contributed by atoms with van der Waals surface area (Å²) in [5.74, 6) is 0.821. The van der Waals surface area contributed by atoms with Crippen molar-refractivity contribution in [2.24, 2.45) is 4.99 Å². The lowest BCUT2D eigenvalue weighted by molar-refractivity contribution is 0.412. The monoisotopic (exact) mass is 719 g/mol. The number of aliphatic imine (C=N–C) groups is 1. The lowest BCUT2D eigenvalue weighted by Gasteiger charge is -2.33. The van der Waals surface area contributed by atoms with Crippen molar-refractivity contribution in [1.29, 1.82) is 0 Å². The summed E-state index contributed by atoms with van der Waals surface area (Å²) in [5, 5.41) is 19.3. The van der Waals surface area contributed by atoms with Crippen LogP contribution in [-0.2, 0) is 0 Å². The Morgan fingerprint density at radius 3 is 2.02 bits per heavy atom. The van der Waals surface area contributed by atoms with E-state index in [1.54, 1.807) is 0 Å². The van der Waals surface area contributed by atoms with Crippen molar-refractivity contribution < 1.29 is 8.83 Å². The topological polar surface area (TPSA) is 62.7 Å². The van der Waals surface area contributed by atoms with Gasteiger partial charge in [0.25, 0.3) is 0 Å².